The molecule has 1 aliphatic heterocycles. The average molecular weight is 494 g/mol. The van der Waals surface area contributed by atoms with Gasteiger partial charge in [0.1, 0.15) is 11.3 Å². The van der Waals surface area contributed by atoms with Crippen LogP contribution in [0, 0.1) is 6.92 Å². The summed E-state index contributed by atoms with van der Waals surface area (Å²) in [6.07, 6.45) is 2.39. The Bertz CT molecular complexity index is 1510. The van der Waals surface area contributed by atoms with Gasteiger partial charge in [-0.3, -0.25) is 14.0 Å². The smallest absolute Gasteiger partial charge is 0.295 e. The van der Waals surface area contributed by atoms with Gasteiger partial charge in [-0.25, -0.2) is 4.98 Å². The highest BCUT2D eigenvalue weighted by Crippen LogP contribution is 2.40. The molecule has 0 aliphatic carbocycles. The van der Waals surface area contributed by atoms with Crippen molar-refractivity contribution in [2.45, 2.75) is 45.6 Å². The van der Waals surface area contributed by atoms with Crippen molar-refractivity contribution in [3.63, 3.8) is 0 Å². The summed E-state index contributed by atoms with van der Waals surface area (Å²) < 4.78 is 1.75. The van der Waals surface area contributed by atoms with E-state index in [2.05, 4.69) is 25.8 Å². The average Bonchev–Trinajstić information content (AvgIpc) is 3.35. The van der Waals surface area contributed by atoms with E-state index in [9.17, 15) is 14.7 Å². The zero-order valence-electron chi connectivity index (χ0n) is 21.6. The molecule has 4 aromatic rings. The Morgan fingerprint density at radius 3 is 2.30 bits per heavy atom. The number of likely N-dealkylation sites (tertiary alicyclic amines) is 1. The number of rotatable bonds is 5. The van der Waals surface area contributed by atoms with Crippen LogP contribution in [0.1, 0.15) is 54.9 Å². The third-order valence-electron chi connectivity index (χ3n) is 7.05. The van der Waals surface area contributed by atoms with Crippen molar-refractivity contribution < 1.29 is 14.7 Å². The third kappa shape index (κ3) is 4.44. The van der Waals surface area contributed by atoms with Crippen LogP contribution in [0.5, 0.6) is 0 Å². The summed E-state index contributed by atoms with van der Waals surface area (Å²) in [7, 11) is 0. The molecule has 1 atom stereocenters. The number of hydrogen-bond donors (Lipinski definition) is 1. The number of aryl methyl sites for hydroxylation is 1. The van der Waals surface area contributed by atoms with E-state index in [0.717, 1.165) is 16.7 Å². The second-order valence-corrected chi connectivity index (χ2v) is 10.6. The Hall–Kier alpha value is -4.19. The van der Waals surface area contributed by atoms with Crippen LogP contribution < -0.4 is 0 Å². The fourth-order valence-electron chi connectivity index (χ4n) is 5.04. The highest BCUT2D eigenvalue weighted by atomic mass is 16.3. The molecular formula is C31H31N3O3. The minimum atomic E-state index is -0.702. The van der Waals surface area contributed by atoms with E-state index in [1.807, 2.05) is 72.8 Å². The molecule has 2 aromatic heterocycles. The first-order valence-corrected chi connectivity index (χ1v) is 12.5. The fraction of sp³-hybridized carbons (Fsp3) is 0.258. The molecule has 1 saturated heterocycles. The molecule has 3 heterocycles. The number of aliphatic hydroxyl groups is 1. The van der Waals surface area contributed by atoms with Crippen molar-refractivity contribution in [2.24, 2.45) is 0 Å². The summed E-state index contributed by atoms with van der Waals surface area (Å²) in [5.41, 5.74) is 4.73. The molecule has 0 spiro atoms. The van der Waals surface area contributed by atoms with Crippen LogP contribution in [0.4, 0.5) is 0 Å². The van der Waals surface area contributed by atoms with Crippen LogP contribution in [0.25, 0.3) is 11.4 Å². The molecule has 0 bridgehead atoms. The molecule has 0 saturated carbocycles. The van der Waals surface area contributed by atoms with E-state index >= 15 is 0 Å². The molecule has 1 N–H and O–H groups in total. The lowest BCUT2D eigenvalue weighted by Crippen LogP contribution is -2.31. The summed E-state index contributed by atoms with van der Waals surface area (Å²) in [5, 5.41) is 11.6. The number of pyridine rings is 1. The predicted molar refractivity (Wildman–Crippen MR) is 144 cm³/mol. The number of ketones is 1. The maximum Gasteiger partial charge on any atom is 0.295 e. The van der Waals surface area contributed by atoms with Crippen molar-refractivity contribution in [3.8, 4) is 0 Å². The van der Waals surface area contributed by atoms with Gasteiger partial charge in [0, 0.05) is 12.7 Å². The summed E-state index contributed by atoms with van der Waals surface area (Å²) in [4.78, 5) is 33.0. The van der Waals surface area contributed by atoms with Gasteiger partial charge in [0.25, 0.3) is 11.7 Å². The SMILES string of the molecule is Cc1nc2ccccn2c1/C(O)=C1\C(=O)C(=O)N(CCc2ccccc2)C1c1ccc(C(C)(C)C)cc1. The van der Waals surface area contributed by atoms with Gasteiger partial charge in [0.2, 0.25) is 0 Å². The number of carbonyl (C=O) groups is 2. The number of aromatic nitrogens is 2. The number of hydrogen-bond acceptors (Lipinski definition) is 4. The van der Waals surface area contributed by atoms with Gasteiger partial charge in [-0.2, -0.15) is 0 Å². The first kappa shape index (κ1) is 24.5. The second-order valence-electron chi connectivity index (χ2n) is 10.6. The van der Waals surface area contributed by atoms with E-state index in [0.29, 0.717) is 30.0 Å². The van der Waals surface area contributed by atoms with Gasteiger partial charge in [-0.15, -0.1) is 0 Å². The van der Waals surface area contributed by atoms with E-state index in [4.69, 9.17) is 0 Å². The van der Waals surface area contributed by atoms with Crippen molar-refractivity contribution in [2.75, 3.05) is 6.54 Å². The normalized spacial score (nSPS) is 17.6. The molecule has 1 unspecified atom stereocenters. The largest absolute Gasteiger partial charge is 0.505 e. The Balaban J connectivity index is 1.65. The topological polar surface area (TPSA) is 74.9 Å². The number of fused-ring (bicyclic) bond motifs is 1. The Labute approximate surface area is 216 Å². The summed E-state index contributed by atoms with van der Waals surface area (Å²) in [5.74, 6) is -1.49. The lowest BCUT2D eigenvalue weighted by molar-refractivity contribution is -0.139. The van der Waals surface area contributed by atoms with Crippen molar-refractivity contribution in [1.82, 2.24) is 14.3 Å². The molecule has 1 amide bonds. The van der Waals surface area contributed by atoms with E-state index in [-0.39, 0.29) is 16.7 Å². The van der Waals surface area contributed by atoms with Gasteiger partial charge >= 0.3 is 0 Å². The summed E-state index contributed by atoms with van der Waals surface area (Å²) >= 11 is 0. The van der Waals surface area contributed by atoms with E-state index < -0.39 is 17.7 Å². The first-order valence-electron chi connectivity index (χ1n) is 12.5. The van der Waals surface area contributed by atoms with Crippen LogP contribution in [-0.4, -0.2) is 37.6 Å². The van der Waals surface area contributed by atoms with Gasteiger partial charge < -0.3 is 10.0 Å². The summed E-state index contributed by atoms with van der Waals surface area (Å²) in [6.45, 7) is 8.56. The molecule has 188 valence electrons. The Kier molecular flexibility index (Phi) is 6.20. The van der Waals surface area contributed by atoms with Gasteiger partial charge in [0.05, 0.1) is 17.3 Å². The van der Waals surface area contributed by atoms with Crippen LogP contribution in [0.15, 0.2) is 84.6 Å². The molecule has 1 aliphatic rings. The summed E-state index contributed by atoms with van der Waals surface area (Å²) in [6, 6.07) is 22.7. The number of benzene rings is 2. The van der Waals surface area contributed by atoms with Crippen LogP contribution in [0.2, 0.25) is 0 Å². The Morgan fingerprint density at radius 2 is 1.62 bits per heavy atom. The monoisotopic (exact) mass is 493 g/mol. The van der Waals surface area contributed by atoms with E-state index in [1.165, 1.54) is 0 Å². The third-order valence-corrected chi connectivity index (χ3v) is 7.05. The van der Waals surface area contributed by atoms with Crippen LogP contribution in [-0.2, 0) is 21.4 Å². The van der Waals surface area contributed by atoms with Crippen LogP contribution >= 0.6 is 0 Å². The lowest BCUT2D eigenvalue weighted by atomic mass is 9.85. The molecule has 2 aromatic carbocycles. The second kappa shape index (κ2) is 9.36. The van der Waals surface area contributed by atoms with Gasteiger partial charge in [-0.1, -0.05) is 81.4 Å². The molecular weight excluding hydrogens is 462 g/mol. The van der Waals surface area contributed by atoms with Crippen LogP contribution in [0.3, 0.4) is 0 Å². The molecule has 5 rings (SSSR count). The highest BCUT2D eigenvalue weighted by molar-refractivity contribution is 6.46. The highest BCUT2D eigenvalue weighted by Gasteiger charge is 2.46. The number of amides is 1. The number of imidazole rings is 1. The lowest BCUT2D eigenvalue weighted by Gasteiger charge is -2.26. The minimum absolute atomic E-state index is 0.0404. The molecule has 37 heavy (non-hydrogen) atoms. The number of aliphatic hydroxyl groups excluding tert-OH is 1. The maximum atomic E-state index is 13.5. The van der Waals surface area contributed by atoms with E-state index in [1.54, 1.807) is 22.4 Å². The number of Topliss-reactive ketones (excluding diaryl/α,β-unsaturated/α-hetero) is 1. The predicted octanol–water partition coefficient (Wildman–Crippen LogP) is 5.60. The van der Waals surface area contributed by atoms with Gasteiger partial charge in [0.15, 0.2) is 5.76 Å². The van der Waals surface area contributed by atoms with Gasteiger partial charge in [-0.05, 0) is 47.6 Å². The quantitative estimate of drug-likeness (QED) is 0.223. The van der Waals surface area contributed by atoms with Crippen molar-refractivity contribution >= 4 is 23.1 Å². The molecule has 0 radical (unpaired) electrons. The minimum Gasteiger partial charge on any atom is -0.505 e. The van der Waals surface area contributed by atoms with Crippen molar-refractivity contribution in [3.05, 3.63) is 113 Å². The number of nitrogens with zero attached hydrogens (tertiary/aromatic N) is 3. The Morgan fingerprint density at radius 1 is 0.946 bits per heavy atom. The zero-order valence-corrected chi connectivity index (χ0v) is 21.6. The standard InChI is InChI=1S/C31H31N3O3/c1-20-26(33-18-9-8-12-24(33)32-20)28(35)25-27(22-13-15-23(16-14-22)31(2,3)4)34(30(37)29(25)36)19-17-21-10-6-5-7-11-21/h5-16,18,27,35H,17,19H2,1-4H3/b28-25+. The fourth-order valence-corrected chi connectivity index (χ4v) is 5.04. The van der Waals surface area contributed by atoms with Crippen molar-refractivity contribution in [1.29, 1.82) is 0 Å². The number of carbonyl (C=O) groups excluding carboxylic acids is 2. The molecule has 6 nitrogen and oxygen atoms in total. The zero-order chi connectivity index (χ0) is 26.3. The maximum absolute atomic E-state index is 13.5. The molecule has 1 fully saturated rings. The first-order chi connectivity index (χ1) is 17.7. The molecule has 6 heteroatoms.